The highest BCUT2D eigenvalue weighted by Crippen LogP contribution is 2.15. The number of carboxylic acids is 1. The highest BCUT2D eigenvalue weighted by molar-refractivity contribution is 5.92. The number of carbonyl (C=O) groups is 2. The second-order valence-corrected chi connectivity index (χ2v) is 4.53. The number of aromatic hydroxyl groups is 1. The van der Waals surface area contributed by atoms with Gasteiger partial charge in [-0.05, 0) is 43.3 Å². The first-order valence-electron chi connectivity index (χ1n) is 7.22. The summed E-state index contributed by atoms with van der Waals surface area (Å²) in [6.45, 7) is 2.55. The molecule has 1 amide bonds. The Morgan fingerprint density at radius 3 is 2.21 bits per heavy atom. The predicted molar refractivity (Wildman–Crippen MR) is 90.4 cm³/mol. The molecule has 128 valence electrons. The lowest BCUT2D eigenvalue weighted by Gasteiger charge is -2.05. The number of nitrogens with one attached hydrogen (secondary N) is 1. The maximum Gasteiger partial charge on any atom is 0.339 e. The Kier molecular flexibility index (Phi) is 7.80. The molecule has 0 aliphatic carbocycles. The van der Waals surface area contributed by atoms with Crippen molar-refractivity contribution in [3.05, 3.63) is 54.1 Å². The molecule has 0 bridgehead atoms. The molecule has 0 aliphatic heterocycles. The number of ether oxygens (including phenoxy) is 1. The summed E-state index contributed by atoms with van der Waals surface area (Å²) in [7, 11) is 0. The summed E-state index contributed by atoms with van der Waals surface area (Å²) >= 11 is 0. The number of rotatable bonds is 5. The highest BCUT2D eigenvalue weighted by Gasteiger charge is 2.05. The molecule has 2 aromatic carbocycles. The molecule has 0 aliphatic rings. The van der Waals surface area contributed by atoms with Crippen molar-refractivity contribution in [2.75, 3.05) is 18.5 Å². The Labute approximate surface area is 139 Å². The third-order valence-corrected chi connectivity index (χ3v) is 2.77. The van der Waals surface area contributed by atoms with E-state index in [1.807, 2.05) is 6.92 Å². The van der Waals surface area contributed by atoms with E-state index in [1.54, 1.807) is 36.4 Å². The molecule has 0 radical (unpaired) electrons. The Hall–Kier alpha value is -3.06. The van der Waals surface area contributed by atoms with Crippen molar-refractivity contribution in [2.24, 2.45) is 5.73 Å². The van der Waals surface area contributed by atoms with Gasteiger partial charge in [0.1, 0.15) is 17.1 Å². The zero-order chi connectivity index (χ0) is 17.9. The molecule has 0 atom stereocenters. The van der Waals surface area contributed by atoms with Crippen LogP contribution in [0.15, 0.2) is 48.5 Å². The second-order valence-electron chi connectivity index (χ2n) is 4.53. The van der Waals surface area contributed by atoms with Gasteiger partial charge in [0.25, 0.3) is 0 Å². The number of amides is 1. The van der Waals surface area contributed by atoms with E-state index in [2.05, 4.69) is 5.32 Å². The summed E-state index contributed by atoms with van der Waals surface area (Å²) < 4.78 is 5.25. The quantitative estimate of drug-likeness (QED) is 0.665. The summed E-state index contributed by atoms with van der Waals surface area (Å²) in [5, 5.41) is 19.9. The largest absolute Gasteiger partial charge is 0.507 e. The molecule has 5 N–H and O–H groups in total. The molecule has 2 aromatic rings. The van der Waals surface area contributed by atoms with Gasteiger partial charge in [0.05, 0.1) is 13.2 Å². The topological polar surface area (TPSA) is 122 Å². The molecule has 7 nitrogen and oxygen atoms in total. The van der Waals surface area contributed by atoms with Crippen LogP contribution in [0.5, 0.6) is 11.5 Å². The normalized spacial score (nSPS) is 9.42. The zero-order valence-corrected chi connectivity index (χ0v) is 13.2. The van der Waals surface area contributed by atoms with Gasteiger partial charge in [0.2, 0.25) is 5.91 Å². The number of aromatic carboxylic acids is 1. The van der Waals surface area contributed by atoms with Crippen LogP contribution in [0.25, 0.3) is 0 Å². The van der Waals surface area contributed by atoms with Crippen LogP contribution in [0.2, 0.25) is 0 Å². The molecular weight excluding hydrogens is 312 g/mol. The summed E-state index contributed by atoms with van der Waals surface area (Å²) in [6.07, 6.45) is 0. The van der Waals surface area contributed by atoms with E-state index < -0.39 is 5.97 Å². The number of hydrogen-bond acceptors (Lipinski definition) is 5. The fourth-order valence-electron chi connectivity index (χ4n) is 1.67. The lowest BCUT2D eigenvalue weighted by atomic mass is 10.2. The van der Waals surface area contributed by atoms with Crippen molar-refractivity contribution >= 4 is 17.6 Å². The summed E-state index contributed by atoms with van der Waals surface area (Å²) in [6, 6.07) is 13.0. The van der Waals surface area contributed by atoms with Crippen molar-refractivity contribution in [1.29, 1.82) is 0 Å². The van der Waals surface area contributed by atoms with Gasteiger partial charge in [0.15, 0.2) is 0 Å². The minimum Gasteiger partial charge on any atom is -0.507 e. The van der Waals surface area contributed by atoms with E-state index in [0.717, 1.165) is 11.4 Å². The number of nitrogens with two attached hydrogens (primary N) is 1. The zero-order valence-electron chi connectivity index (χ0n) is 13.2. The van der Waals surface area contributed by atoms with Gasteiger partial charge >= 0.3 is 5.97 Å². The predicted octanol–water partition coefficient (Wildman–Crippen LogP) is 2.07. The molecule has 0 unspecified atom stereocenters. The van der Waals surface area contributed by atoms with Crippen molar-refractivity contribution in [3.63, 3.8) is 0 Å². The highest BCUT2D eigenvalue weighted by atomic mass is 16.5. The molecule has 0 aromatic heterocycles. The first-order chi connectivity index (χ1) is 11.5. The number of carbonyl (C=O) groups excluding carboxylic acids is 1. The number of anilines is 1. The third kappa shape index (κ3) is 6.37. The molecular formula is C17H20N2O5. The third-order valence-electron chi connectivity index (χ3n) is 2.77. The summed E-state index contributed by atoms with van der Waals surface area (Å²) in [5.41, 5.74) is 5.82. The van der Waals surface area contributed by atoms with E-state index in [1.165, 1.54) is 12.1 Å². The molecule has 0 fully saturated rings. The Morgan fingerprint density at radius 2 is 1.75 bits per heavy atom. The van der Waals surface area contributed by atoms with Crippen LogP contribution in [0.3, 0.4) is 0 Å². The average Bonchev–Trinajstić information content (AvgIpc) is 2.57. The van der Waals surface area contributed by atoms with Crippen LogP contribution in [0.1, 0.15) is 17.3 Å². The molecule has 0 saturated carbocycles. The van der Waals surface area contributed by atoms with Gasteiger partial charge in [-0.1, -0.05) is 12.1 Å². The molecule has 0 saturated heterocycles. The molecule has 0 spiro atoms. The Balaban J connectivity index is 0.000000254. The minimum atomic E-state index is -1.11. The Bertz CT molecular complexity index is 671. The van der Waals surface area contributed by atoms with Crippen molar-refractivity contribution < 1.29 is 24.5 Å². The lowest BCUT2D eigenvalue weighted by Crippen LogP contribution is -2.21. The number of hydrogen-bond donors (Lipinski definition) is 4. The molecule has 0 heterocycles. The van der Waals surface area contributed by atoms with Crippen LogP contribution < -0.4 is 15.8 Å². The fraction of sp³-hybridized carbons (Fsp3) is 0.176. The number of carboxylic acid groups (broad SMARTS) is 1. The maximum atomic E-state index is 10.9. The summed E-state index contributed by atoms with van der Waals surface area (Å²) in [4.78, 5) is 21.2. The average molecular weight is 332 g/mol. The van der Waals surface area contributed by atoms with Crippen LogP contribution in [0.4, 0.5) is 5.69 Å². The first kappa shape index (κ1) is 19.0. The van der Waals surface area contributed by atoms with Gasteiger partial charge in [0, 0.05) is 5.69 Å². The van der Waals surface area contributed by atoms with E-state index in [0.29, 0.717) is 6.61 Å². The minimum absolute atomic E-state index is 0.00673. The SMILES string of the molecule is CCOc1ccc(NC(=O)CN)cc1.O=C(O)c1ccccc1O. The van der Waals surface area contributed by atoms with Crippen molar-refractivity contribution in [3.8, 4) is 11.5 Å². The number of benzene rings is 2. The molecule has 2 rings (SSSR count). The van der Waals surface area contributed by atoms with E-state index in [9.17, 15) is 9.59 Å². The first-order valence-corrected chi connectivity index (χ1v) is 7.22. The fourth-order valence-corrected chi connectivity index (χ4v) is 1.67. The number of phenols is 1. The van der Waals surface area contributed by atoms with E-state index in [4.69, 9.17) is 20.7 Å². The van der Waals surface area contributed by atoms with E-state index in [-0.39, 0.29) is 23.8 Å². The van der Waals surface area contributed by atoms with Crippen molar-refractivity contribution in [2.45, 2.75) is 6.92 Å². The van der Waals surface area contributed by atoms with Gasteiger partial charge in [-0.2, -0.15) is 0 Å². The smallest absolute Gasteiger partial charge is 0.339 e. The number of para-hydroxylation sites is 1. The van der Waals surface area contributed by atoms with Crippen LogP contribution in [0, 0.1) is 0 Å². The lowest BCUT2D eigenvalue weighted by molar-refractivity contribution is -0.114. The Morgan fingerprint density at radius 1 is 1.12 bits per heavy atom. The van der Waals surface area contributed by atoms with Gasteiger partial charge in [-0.3, -0.25) is 4.79 Å². The standard InChI is InChI=1S/C10H14N2O2.C7H6O3/c1-2-14-9-5-3-8(4-6-9)12-10(13)7-11;8-6-4-2-1-3-5(6)7(9)10/h3-6H,2,7,11H2,1H3,(H,12,13);1-4,8H,(H,9,10). The van der Waals surface area contributed by atoms with Crippen LogP contribution >= 0.6 is 0 Å². The van der Waals surface area contributed by atoms with Gasteiger partial charge < -0.3 is 26.0 Å². The summed E-state index contributed by atoms with van der Waals surface area (Å²) in [5.74, 6) is -0.722. The van der Waals surface area contributed by atoms with Gasteiger partial charge in [-0.15, -0.1) is 0 Å². The molecule has 24 heavy (non-hydrogen) atoms. The van der Waals surface area contributed by atoms with Crippen molar-refractivity contribution in [1.82, 2.24) is 0 Å². The van der Waals surface area contributed by atoms with Crippen LogP contribution in [-0.2, 0) is 4.79 Å². The maximum absolute atomic E-state index is 10.9. The monoisotopic (exact) mass is 332 g/mol. The second kappa shape index (κ2) is 9.86. The van der Waals surface area contributed by atoms with E-state index >= 15 is 0 Å². The van der Waals surface area contributed by atoms with Gasteiger partial charge in [-0.25, -0.2) is 4.79 Å². The molecule has 7 heteroatoms. The van der Waals surface area contributed by atoms with Crippen LogP contribution in [-0.4, -0.2) is 35.2 Å².